The minimum absolute atomic E-state index is 0.00864. The molecular weight excluding hydrogens is 393 g/mol. The van der Waals surface area contributed by atoms with Crippen LogP contribution in [0.25, 0.3) is 22.2 Å². The van der Waals surface area contributed by atoms with Gasteiger partial charge in [-0.25, -0.2) is 13.2 Å². The normalized spacial score (nSPS) is 18.7. The molecule has 154 valence electrons. The van der Waals surface area contributed by atoms with E-state index < -0.39 is 11.6 Å². The van der Waals surface area contributed by atoms with Gasteiger partial charge in [-0.1, -0.05) is 0 Å². The summed E-state index contributed by atoms with van der Waals surface area (Å²) in [7, 11) is 0. The summed E-state index contributed by atoms with van der Waals surface area (Å²) in [6, 6.07) is 7.98. The topological polar surface area (TPSA) is 60.2 Å². The highest BCUT2D eigenvalue weighted by Crippen LogP contribution is 2.41. The smallest absolute Gasteiger partial charge is 0.271 e. The Balaban J connectivity index is 1.51. The second-order valence-electron chi connectivity index (χ2n) is 7.73. The van der Waals surface area contributed by atoms with Crippen LogP contribution in [0.4, 0.5) is 13.2 Å². The van der Waals surface area contributed by atoms with Gasteiger partial charge in [0.15, 0.2) is 0 Å². The number of aromatic amines is 1. The van der Waals surface area contributed by atoms with Crippen molar-refractivity contribution in [1.82, 2.24) is 20.5 Å². The third-order valence-electron chi connectivity index (χ3n) is 5.65. The molecule has 0 spiro atoms. The van der Waals surface area contributed by atoms with Crippen LogP contribution in [-0.2, 0) is 4.79 Å². The highest BCUT2D eigenvalue weighted by molar-refractivity contribution is 5.95. The number of benzene rings is 2. The van der Waals surface area contributed by atoms with Gasteiger partial charge in [0.2, 0.25) is 0 Å². The average molecular weight is 412 g/mol. The van der Waals surface area contributed by atoms with Crippen molar-refractivity contribution in [3.63, 3.8) is 0 Å². The lowest BCUT2D eigenvalue weighted by molar-refractivity contribution is -0.131. The minimum Gasteiger partial charge on any atom is -0.370 e. The number of carbonyl (C=O) groups is 1. The third kappa shape index (κ3) is 2.99. The molecule has 5 nitrogen and oxygen atoms in total. The lowest BCUT2D eigenvalue weighted by Crippen LogP contribution is -2.50. The van der Waals surface area contributed by atoms with Crippen LogP contribution in [0.15, 0.2) is 48.3 Å². The number of hydrogen-bond acceptors (Lipinski definition) is 3. The summed E-state index contributed by atoms with van der Waals surface area (Å²) >= 11 is 0. The zero-order valence-electron chi connectivity index (χ0n) is 16.1. The molecule has 1 atom stereocenters. The van der Waals surface area contributed by atoms with Crippen LogP contribution in [0.2, 0.25) is 0 Å². The molecule has 0 aliphatic carbocycles. The molecule has 1 saturated heterocycles. The number of fused-ring (bicyclic) bond motifs is 1. The van der Waals surface area contributed by atoms with Crippen molar-refractivity contribution in [3.8, 4) is 11.3 Å². The van der Waals surface area contributed by atoms with Crippen LogP contribution >= 0.6 is 0 Å². The standard InChI is InChI=1S/C22H19F3N4O/c1-11-26-8-18(27-11)22(30)29-9-13(10-29)19-16-6-15(24)7-17(25)21(16)28-20(19)12-2-4-14(23)5-3-12/h2-8,11,13,26-28H,9-10H2,1H3. The Bertz CT molecular complexity index is 1180. The van der Waals surface area contributed by atoms with Crippen molar-refractivity contribution in [2.45, 2.75) is 19.0 Å². The van der Waals surface area contributed by atoms with Crippen LogP contribution in [0, 0.1) is 17.5 Å². The predicted molar refractivity (Wildman–Crippen MR) is 107 cm³/mol. The first-order valence-corrected chi connectivity index (χ1v) is 9.69. The maximum Gasteiger partial charge on any atom is 0.271 e. The van der Waals surface area contributed by atoms with Gasteiger partial charge in [-0.3, -0.25) is 4.79 Å². The van der Waals surface area contributed by atoms with Gasteiger partial charge in [0.1, 0.15) is 23.1 Å². The zero-order chi connectivity index (χ0) is 21.0. The van der Waals surface area contributed by atoms with Gasteiger partial charge in [0, 0.05) is 36.7 Å². The van der Waals surface area contributed by atoms with Gasteiger partial charge in [0.05, 0.1) is 17.4 Å². The molecule has 0 saturated carbocycles. The van der Waals surface area contributed by atoms with E-state index in [0.717, 1.165) is 11.6 Å². The Hall–Kier alpha value is -3.42. The second kappa shape index (κ2) is 6.83. The summed E-state index contributed by atoms with van der Waals surface area (Å²) in [5, 5.41) is 6.52. The minimum atomic E-state index is -0.688. The fourth-order valence-corrected chi connectivity index (χ4v) is 4.15. The molecule has 8 heteroatoms. The Morgan fingerprint density at radius 3 is 2.47 bits per heavy atom. The third-order valence-corrected chi connectivity index (χ3v) is 5.65. The highest BCUT2D eigenvalue weighted by Gasteiger charge is 2.37. The molecule has 30 heavy (non-hydrogen) atoms. The molecule has 2 aromatic carbocycles. The number of rotatable bonds is 3. The molecular formula is C22H19F3N4O. The molecule has 1 unspecified atom stereocenters. The number of H-pyrrole nitrogens is 1. The van der Waals surface area contributed by atoms with Gasteiger partial charge in [0.25, 0.3) is 5.91 Å². The van der Waals surface area contributed by atoms with Crippen molar-refractivity contribution in [2.24, 2.45) is 0 Å². The summed E-state index contributed by atoms with van der Waals surface area (Å²) in [5.41, 5.74) is 2.72. The van der Waals surface area contributed by atoms with Crippen LogP contribution in [-0.4, -0.2) is 35.0 Å². The Kier molecular flexibility index (Phi) is 4.23. The number of hydrogen-bond donors (Lipinski definition) is 3. The zero-order valence-corrected chi connectivity index (χ0v) is 16.1. The molecule has 0 radical (unpaired) electrons. The second-order valence-corrected chi connectivity index (χ2v) is 7.73. The number of carbonyl (C=O) groups excluding carboxylic acids is 1. The van der Waals surface area contributed by atoms with Gasteiger partial charge in [-0.2, -0.15) is 0 Å². The van der Waals surface area contributed by atoms with Crippen LogP contribution in [0.3, 0.4) is 0 Å². The van der Waals surface area contributed by atoms with E-state index in [1.54, 1.807) is 23.2 Å². The van der Waals surface area contributed by atoms with Crippen LogP contribution in [0.1, 0.15) is 18.4 Å². The Labute approximate surface area is 170 Å². The molecule has 1 fully saturated rings. The van der Waals surface area contributed by atoms with Crippen LogP contribution in [0.5, 0.6) is 0 Å². The van der Waals surface area contributed by atoms with Crippen molar-refractivity contribution in [3.05, 3.63) is 71.3 Å². The molecule has 0 bridgehead atoms. The van der Waals surface area contributed by atoms with E-state index in [9.17, 15) is 18.0 Å². The molecule has 2 aliphatic rings. The van der Waals surface area contributed by atoms with E-state index >= 15 is 0 Å². The predicted octanol–water partition coefficient (Wildman–Crippen LogP) is 3.56. The molecule has 3 N–H and O–H groups in total. The van der Waals surface area contributed by atoms with E-state index in [1.165, 1.54) is 18.2 Å². The number of nitrogens with zero attached hydrogens (tertiary/aromatic N) is 1. The van der Waals surface area contributed by atoms with E-state index in [-0.39, 0.29) is 29.3 Å². The fraction of sp³-hybridized carbons (Fsp3) is 0.227. The van der Waals surface area contributed by atoms with Crippen molar-refractivity contribution < 1.29 is 18.0 Å². The van der Waals surface area contributed by atoms with Crippen molar-refractivity contribution in [1.29, 1.82) is 0 Å². The summed E-state index contributed by atoms with van der Waals surface area (Å²) < 4.78 is 41.8. The number of nitrogens with one attached hydrogen (secondary N) is 3. The molecule has 3 heterocycles. The summed E-state index contributed by atoms with van der Waals surface area (Å²) in [5.74, 6) is -1.96. The van der Waals surface area contributed by atoms with E-state index in [4.69, 9.17) is 0 Å². The largest absolute Gasteiger partial charge is 0.370 e. The number of amides is 1. The Morgan fingerprint density at radius 2 is 1.80 bits per heavy atom. The first-order chi connectivity index (χ1) is 14.4. The molecule has 1 amide bonds. The molecule has 1 aromatic heterocycles. The van der Waals surface area contributed by atoms with Crippen LogP contribution < -0.4 is 10.6 Å². The number of likely N-dealkylation sites (tertiary alicyclic amines) is 1. The molecule has 3 aromatic rings. The van der Waals surface area contributed by atoms with Gasteiger partial charge < -0.3 is 20.5 Å². The highest BCUT2D eigenvalue weighted by atomic mass is 19.1. The summed E-state index contributed by atoms with van der Waals surface area (Å²) in [6.07, 6.45) is 1.64. The van der Waals surface area contributed by atoms with E-state index in [1.807, 2.05) is 6.92 Å². The molecule has 2 aliphatic heterocycles. The Morgan fingerprint density at radius 1 is 1.07 bits per heavy atom. The maximum atomic E-state index is 14.4. The lowest BCUT2D eigenvalue weighted by Gasteiger charge is -2.40. The first kappa shape index (κ1) is 18.6. The van der Waals surface area contributed by atoms with Gasteiger partial charge in [-0.15, -0.1) is 0 Å². The number of halogens is 3. The van der Waals surface area contributed by atoms with Gasteiger partial charge in [-0.05, 0) is 48.4 Å². The van der Waals surface area contributed by atoms with Crippen molar-refractivity contribution >= 4 is 16.8 Å². The summed E-state index contributed by atoms with van der Waals surface area (Å²) in [6.45, 7) is 2.75. The number of aromatic nitrogens is 1. The average Bonchev–Trinajstić information content (AvgIpc) is 3.26. The first-order valence-electron chi connectivity index (χ1n) is 9.69. The maximum absolute atomic E-state index is 14.4. The van der Waals surface area contributed by atoms with Gasteiger partial charge >= 0.3 is 0 Å². The van der Waals surface area contributed by atoms with E-state index in [0.29, 0.717) is 35.4 Å². The SMILES string of the molecule is CC1NC=C(C(=O)N2CC(c3c(-c4ccc(F)cc4)[nH]c4c(F)cc(F)cc34)C2)N1. The lowest BCUT2D eigenvalue weighted by atomic mass is 9.87. The molecule has 5 rings (SSSR count). The van der Waals surface area contributed by atoms with E-state index in [2.05, 4.69) is 15.6 Å². The monoisotopic (exact) mass is 412 g/mol. The van der Waals surface area contributed by atoms with Crippen molar-refractivity contribution in [2.75, 3.05) is 13.1 Å². The fourth-order valence-electron chi connectivity index (χ4n) is 4.15. The quantitative estimate of drug-likeness (QED) is 0.617. The summed E-state index contributed by atoms with van der Waals surface area (Å²) in [4.78, 5) is 17.4.